The Morgan fingerprint density at radius 1 is 0.0833 bits per heavy atom. The molecule has 8 aliphatic carbocycles. The molecule has 8 fully saturated rings. The lowest BCUT2D eigenvalue weighted by Crippen LogP contribution is -1.85. The first-order valence-corrected chi connectivity index (χ1v) is 16.0. The molecule has 8 aliphatic rings. The summed E-state index contributed by atoms with van der Waals surface area (Å²) in [6.45, 7) is 0. The zero-order valence-electron chi connectivity index (χ0n) is 22.6. The molecule has 0 saturated heterocycles. The van der Waals surface area contributed by atoms with E-state index in [0.29, 0.717) is 0 Å². The normalized spacial score (nSPS) is 21.3. The van der Waals surface area contributed by atoms with Gasteiger partial charge >= 0.3 is 0 Å². The van der Waals surface area contributed by atoms with Gasteiger partial charge in [0, 0.05) is 0 Å². The lowest BCUT2D eigenvalue weighted by Gasteiger charge is -2.05. The van der Waals surface area contributed by atoms with Gasteiger partial charge in [0.15, 0.2) is 0 Å². The fourth-order valence-corrected chi connectivity index (χ4v) is 2.00. The van der Waals surface area contributed by atoms with Crippen LogP contribution in [0.5, 0.6) is 0 Å². The summed E-state index contributed by atoms with van der Waals surface area (Å²) in [4.78, 5) is 0. The average Bonchev–Trinajstić information content (AvgIpc) is 2.16. The van der Waals surface area contributed by atoms with Gasteiger partial charge in [-0.3, -0.25) is 0 Å². The minimum atomic E-state index is 0. The van der Waals surface area contributed by atoms with Gasteiger partial charge in [0.05, 0.1) is 0 Å². The van der Waals surface area contributed by atoms with Crippen molar-refractivity contribution in [1.29, 1.82) is 0 Å². The van der Waals surface area contributed by atoms with Crippen molar-refractivity contribution in [2.75, 3.05) is 0 Å². The van der Waals surface area contributed by atoms with Crippen LogP contribution in [-0.2, 0) is 0 Å². The zero-order valence-corrected chi connectivity index (χ0v) is 22.6. The monoisotopic (exact) mass is 513 g/mol. The van der Waals surface area contributed by atoms with Gasteiger partial charge in [0.2, 0.25) is 0 Å². The second-order valence-corrected chi connectivity index (χ2v) is 11.3. The standard InChI is InChI=1S/8C4H8.4CH4/c8*1-2-4-3-1;;;;/h8*1-4H2;4*1H4. The third-order valence-corrected chi connectivity index (χ3v) is 8.00. The van der Waals surface area contributed by atoms with Crippen molar-refractivity contribution in [1.82, 2.24) is 0 Å². The number of hydrogen-bond donors (Lipinski definition) is 0. The van der Waals surface area contributed by atoms with Crippen molar-refractivity contribution < 1.29 is 0 Å². The highest BCUT2D eigenvalue weighted by Crippen LogP contribution is 2.17. The Morgan fingerprint density at radius 2 is 0.111 bits per heavy atom. The SMILES string of the molecule is C.C.C.C.C1CCC1.C1CCC1.C1CCC1.C1CCC1.C1CCC1.C1CCC1.C1CCC1.C1CCC1. The molecular weight excluding hydrogens is 432 g/mol. The maximum atomic E-state index is 1.50. The van der Waals surface area contributed by atoms with E-state index in [1.165, 1.54) is 205 Å². The van der Waals surface area contributed by atoms with Crippen LogP contribution in [0.2, 0.25) is 0 Å². The van der Waals surface area contributed by atoms with Gasteiger partial charge in [-0.15, -0.1) is 0 Å². The third kappa shape index (κ3) is 36.2. The fraction of sp³-hybridized carbons (Fsp3) is 1.00. The molecule has 8 saturated carbocycles. The molecule has 0 aromatic rings. The van der Waals surface area contributed by atoms with Crippen molar-refractivity contribution in [3.05, 3.63) is 0 Å². The molecule has 224 valence electrons. The van der Waals surface area contributed by atoms with Crippen molar-refractivity contribution in [2.24, 2.45) is 0 Å². The highest BCUT2D eigenvalue weighted by atomic mass is 14.0. The minimum absolute atomic E-state index is 0. The van der Waals surface area contributed by atoms with Crippen LogP contribution in [0.15, 0.2) is 0 Å². The van der Waals surface area contributed by atoms with Crippen LogP contribution in [-0.4, -0.2) is 0 Å². The van der Waals surface area contributed by atoms with Crippen molar-refractivity contribution in [3.63, 3.8) is 0 Å². The van der Waals surface area contributed by atoms with E-state index in [1.807, 2.05) is 0 Å². The molecule has 0 unspecified atom stereocenters. The molecule has 36 heavy (non-hydrogen) atoms. The molecule has 0 spiro atoms. The van der Waals surface area contributed by atoms with Gasteiger partial charge in [-0.05, 0) is 0 Å². The van der Waals surface area contributed by atoms with Crippen LogP contribution in [0.4, 0.5) is 0 Å². The molecule has 0 N–H and O–H groups in total. The molecular formula is C36H80. The van der Waals surface area contributed by atoms with E-state index >= 15 is 0 Å². The largest absolute Gasteiger partial charge is 0.0776 e. The minimum Gasteiger partial charge on any atom is -0.0776 e. The van der Waals surface area contributed by atoms with E-state index in [0.717, 1.165) is 0 Å². The third-order valence-electron chi connectivity index (χ3n) is 8.00. The first-order valence-electron chi connectivity index (χ1n) is 16.0. The van der Waals surface area contributed by atoms with Crippen LogP contribution in [0.1, 0.15) is 235 Å². The fourth-order valence-electron chi connectivity index (χ4n) is 2.00. The van der Waals surface area contributed by atoms with Gasteiger partial charge in [-0.1, -0.05) is 235 Å². The first kappa shape index (κ1) is 43.1. The van der Waals surface area contributed by atoms with Crippen molar-refractivity contribution in [3.8, 4) is 0 Å². The lowest BCUT2D eigenvalue weighted by atomic mass is 10.0. The van der Waals surface area contributed by atoms with E-state index in [1.54, 1.807) is 0 Å². The molecule has 0 atom stereocenters. The van der Waals surface area contributed by atoms with Crippen LogP contribution in [0.3, 0.4) is 0 Å². The second kappa shape index (κ2) is 39.5. The Morgan fingerprint density at radius 3 is 0.111 bits per heavy atom. The van der Waals surface area contributed by atoms with Crippen LogP contribution >= 0.6 is 0 Å². The molecule has 0 aliphatic heterocycles. The highest BCUT2D eigenvalue weighted by Gasteiger charge is 1.98. The Hall–Kier alpha value is 0. The van der Waals surface area contributed by atoms with Crippen LogP contribution < -0.4 is 0 Å². The van der Waals surface area contributed by atoms with Crippen LogP contribution in [0, 0.1) is 0 Å². The molecule has 0 aromatic carbocycles. The van der Waals surface area contributed by atoms with E-state index in [2.05, 4.69) is 0 Å². The Bertz CT molecular complexity index is 160. The summed E-state index contributed by atoms with van der Waals surface area (Å²) < 4.78 is 0. The topological polar surface area (TPSA) is 0 Å². The lowest BCUT2D eigenvalue weighted by molar-refractivity contribution is 0.504. The first-order chi connectivity index (χ1) is 16.0. The molecule has 0 radical (unpaired) electrons. The summed E-state index contributed by atoms with van der Waals surface area (Å²) >= 11 is 0. The number of rotatable bonds is 0. The number of hydrogen-bond acceptors (Lipinski definition) is 0. The Balaban J connectivity index is -0.000000160. The Kier molecular flexibility index (Phi) is 47.3. The van der Waals surface area contributed by atoms with Gasteiger partial charge in [0.25, 0.3) is 0 Å². The summed E-state index contributed by atoms with van der Waals surface area (Å²) in [5.74, 6) is 0. The summed E-state index contributed by atoms with van der Waals surface area (Å²) in [7, 11) is 0. The average molecular weight is 513 g/mol. The molecule has 0 heteroatoms. The van der Waals surface area contributed by atoms with Crippen molar-refractivity contribution in [2.45, 2.75) is 235 Å². The predicted octanol–water partition coefficient (Wildman–Crippen LogP) is 15.0. The van der Waals surface area contributed by atoms with Crippen LogP contribution in [0.25, 0.3) is 0 Å². The van der Waals surface area contributed by atoms with Gasteiger partial charge in [0.1, 0.15) is 0 Å². The molecule has 0 aromatic heterocycles. The van der Waals surface area contributed by atoms with E-state index in [-0.39, 0.29) is 29.7 Å². The van der Waals surface area contributed by atoms with E-state index in [4.69, 9.17) is 0 Å². The molecule has 0 heterocycles. The Labute approximate surface area is 235 Å². The van der Waals surface area contributed by atoms with E-state index in [9.17, 15) is 0 Å². The molecule has 8 rings (SSSR count). The maximum absolute atomic E-state index is 1.50. The predicted molar refractivity (Wildman–Crippen MR) is 175 cm³/mol. The molecule has 0 nitrogen and oxygen atoms in total. The van der Waals surface area contributed by atoms with Crippen molar-refractivity contribution >= 4 is 0 Å². The van der Waals surface area contributed by atoms with Gasteiger partial charge in [-0.25, -0.2) is 0 Å². The second-order valence-electron chi connectivity index (χ2n) is 11.3. The summed E-state index contributed by atoms with van der Waals surface area (Å²) in [5.41, 5.74) is 0. The van der Waals surface area contributed by atoms with Gasteiger partial charge in [-0.2, -0.15) is 0 Å². The summed E-state index contributed by atoms with van der Waals surface area (Å²) in [6, 6.07) is 0. The quantitative estimate of drug-likeness (QED) is 0.302. The summed E-state index contributed by atoms with van der Waals surface area (Å²) in [5, 5.41) is 0. The smallest absolute Gasteiger partial charge is 0.0533 e. The van der Waals surface area contributed by atoms with E-state index < -0.39 is 0 Å². The zero-order chi connectivity index (χ0) is 22.6. The van der Waals surface area contributed by atoms with Gasteiger partial charge < -0.3 is 0 Å². The highest BCUT2D eigenvalue weighted by molar-refractivity contribution is 4.53. The summed E-state index contributed by atoms with van der Waals surface area (Å²) in [6.07, 6.45) is 48.0. The molecule has 0 bridgehead atoms. The molecule has 0 amide bonds. The maximum Gasteiger partial charge on any atom is -0.0533 e.